The molecule has 0 spiro atoms. The van der Waals surface area contributed by atoms with Gasteiger partial charge in [0.05, 0.1) is 18.2 Å². The number of rotatable bonds is 4. The lowest BCUT2D eigenvalue weighted by Gasteiger charge is -2.34. The van der Waals surface area contributed by atoms with Crippen LogP contribution < -0.4 is 0 Å². The van der Waals surface area contributed by atoms with Gasteiger partial charge in [-0.25, -0.2) is 0 Å². The molecule has 2 amide bonds. The first-order chi connectivity index (χ1) is 11.0. The smallest absolute Gasteiger partial charge is 0.241 e. The molecule has 23 heavy (non-hydrogen) atoms. The van der Waals surface area contributed by atoms with Gasteiger partial charge >= 0.3 is 0 Å². The molecule has 2 fully saturated rings. The zero-order valence-corrected chi connectivity index (χ0v) is 13.8. The fourth-order valence-electron chi connectivity index (χ4n) is 3.51. The molecule has 3 heterocycles. The number of carbonyl (C=O) groups excluding carboxylic acids is 2. The Hall–Kier alpha value is -1.95. The number of carbonyl (C=O) groups is 2. The van der Waals surface area contributed by atoms with E-state index in [9.17, 15) is 9.59 Å². The summed E-state index contributed by atoms with van der Waals surface area (Å²) >= 11 is 0. The molecule has 2 atom stereocenters. The van der Waals surface area contributed by atoms with Crippen molar-refractivity contribution in [2.24, 2.45) is 11.8 Å². The third kappa shape index (κ3) is 3.52. The van der Waals surface area contributed by atoms with Crippen LogP contribution in [0.3, 0.4) is 0 Å². The van der Waals surface area contributed by atoms with Gasteiger partial charge in [-0.2, -0.15) is 0 Å². The lowest BCUT2D eigenvalue weighted by Crippen LogP contribution is -2.49. The quantitative estimate of drug-likeness (QED) is 0.809. The molecule has 2 aliphatic heterocycles. The molecule has 124 valence electrons. The summed E-state index contributed by atoms with van der Waals surface area (Å²) in [5.41, 5.74) is 1.04. The van der Waals surface area contributed by atoms with Crippen molar-refractivity contribution in [3.05, 3.63) is 30.1 Å². The molecule has 0 saturated carbocycles. The predicted molar refractivity (Wildman–Crippen MR) is 86.4 cm³/mol. The Morgan fingerprint density at radius 1 is 1.35 bits per heavy atom. The van der Waals surface area contributed by atoms with Crippen molar-refractivity contribution >= 4 is 11.8 Å². The Labute approximate surface area is 137 Å². The summed E-state index contributed by atoms with van der Waals surface area (Å²) < 4.78 is 0. The summed E-state index contributed by atoms with van der Waals surface area (Å²) in [6, 6.07) is 5.92. The molecular weight excluding hydrogens is 292 g/mol. The van der Waals surface area contributed by atoms with E-state index in [1.165, 1.54) is 0 Å². The van der Waals surface area contributed by atoms with Crippen LogP contribution in [0.5, 0.6) is 0 Å². The van der Waals surface area contributed by atoms with Crippen LogP contribution >= 0.6 is 0 Å². The molecule has 0 N–H and O–H groups in total. The van der Waals surface area contributed by atoms with Crippen molar-refractivity contribution in [2.75, 3.05) is 40.3 Å². The zero-order valence-electron chi connectivity index (χ0n) is 13.8. The van der Waals surface area contributed by atoms with E-state index in [0.717, 1.165) is 31.7 Å². The first-order valence-corrected chi connectivity index (χ1v) is 8.16. The Morgan fingerprint density at radius 2 is 2.17 bits per heavy atom. The van der Waals surface area contributed by atoms with Crippen molar-refractivity contribution in [1.82, 2.24) is 19.7 Å². The summed E-state index contributed by atoms with van der Waals surface area (Å²) in [5.74, 6) is 0.569. The van der Waals surface area contributed by atoms with Gasteiger partial charge in [-0.15, -0.1) is 0 Å². The number of piperidine rings is 1. The highest BCUT2D eigenvalue weighted by Gasteiger charge is 2.43. The van der Waals surface area contributed by atoms with E-state index in [1.54, 1.807) is 30.1 Å². The van der Waals surface area contributed by atoms with Gasteiger partial charge in [-0.3, -0.25) is 19.5 Å². The molecule has 0 aromatic carbocycles. The third-order valence-electron chi connectivity index (χ3n) is 4.85. The first kappa shape index (κ1) is 15.9. The third-order valence-corrected chi connectivity index (χ3v) is 4.85. The van der Waals surface area contributed by atoms with E-state index in [2.05, 4.69) is 9.88 Å². The maximum Gasteiger partial charge on any atom is 0.241 e. The van der Waals surface area contributed by atoms with Crippen LogP contribution in [0.25, 0.3) is 0 Å². The van der Waals surface area contributed by atoms with Gasteiger partial charge < -0.3 is 9.80 Å². The van der Waals surface area contributed by atoms with Gasteiger partial charge in [0.1, 0.15) is 0 Å². The molecule has 0 bridgehead atoms. The van der Waals surface area contributed by atoms with Gasteiger partial charge in [0.15, 0.2) is 0 Å². The first-order valence-electron chi connectivity index (χ1n) is 8.16. The molecule has 6 nitrogen and oxygen atoms in total. The predicted octanol–water partition coefficient (Wildman–Crippen LogP) is 0.450. The number of nitrogens with zero attached hydrogens (tertiary/aromatic N) is 4. The lowest BCUT2D eigenvalue weighted by atomic mass is 9.88. The molecule has 0 aliphatic carbocycles. The van der Waals surface area contributed by atoms with Crippen LogP contribution in [0.15, 0.2) is 24.4 Å². The van der Waals surface area contributed by atoms with E-state index >= 15 is 0 Å². The fourth-order valence-corrected chi connectivity index (χ4v) is 3.51. The second-order valence-electron chi connectivity index (χ2n) is 6.72. The summed E-state index contributed by atoms with van der Waals surface area (Å²) in [7, 11) is 3.45. The minimum absolute atomic E-state index is 0.0138. The van der Waals surface area contributed by atoms with Gasteiger partial charge in [0.2, 0.25) is 11.8 Å². The Morgan fingerprint density at radius 3 is 2.87 bits per heavy atom. The Bertz CT molecular complexity index is 575. The standard InChI is InChI=1S/C17H24N4O2/c1-19(2)16(22)12-21-8-6-13-9-20(11-15(13)17(21)23)10-14-5-3-4-7-18-14/h3-5,7,13,15H,6,8-12H2,1-2H3/t13-,15-/m0/s1. The number of hydrogen-bond donors (Lipinski definition) is 0. The second-order valence-corrected chi connectivity index (χ2v) is 6.72. The van der Waals surface area contributed by atoms with Crippen LogP contribution in [0.2, 0.25) is 0 Å². The summed E-state index contributed by atoms with van der Waals surface area (Å²) in [4.78, 5) is 34.5. The van der Waals surface area contributed by atoms with E-state index < -0.39 is 0 Å². The number of fused-ring (bicyclic) bond motifs is 1. The van der Waals surface area contributed by atoms with Crippen molar-refractivity contribution in [2.45, 2.75) is 13.0 Å². The number of pyridine rings is 1. The highest BCUT2D eigenvalue weighted by atomic mass is 16.2. The van der Waals surface area contributed by atoms with Gasteiger partial charge in [-0.1, -0.05) is 6.07 Å². The van der Waals surface area contributed by atoms with Gasteiger partial charge in [0.25, 0.3) is 0 Å². The Kier molecular flexibility index (Phi) is 4.61. The van der Waals surface area contributed by atoms with E-state index in [4.69, 9.17) is 0 Å². The number of hydrogen-bond acceptors (Lipinski definition) is 4. The minimum atomic E-state index is -0.0138. The lowest BCUT2D eigenvalue weighted by molar-refractivity contribution is -0.145. The van der Waals surface area contributed by atoms with Crippen molar-refractivity contribution < 1.29 is 9.59 Å². The zero-order chi connectivity index (χ0) is 16.4. The molecule has 0 radical (unpaired) electrons. The fraction of sp³-hybridized carbons (Fsp3) is 0.588. The molecule has 2 saturated heterocycles. The van der Waals surface area contributed by atoms with Crippen molar-refractivity contribution in [1.29, 1.82) is 0 Å². The molecule has 1 aromatic rings. The minimum Gasteiger partial charge on any atom is -0.347 e. The molecule has 3 rings (SSSR count). The average molecular weight is 316 g/mol. The van der Waals surface area contributed by atoms with Gasteiger partial charge in [0, 0.05) is 46.5 Å². The summed E-state index contributed by atoms with van der Waals surface area (Å²) in [5, 5.41) is 0. The van der Waals surface area contributed by atoms with Crippen LogP contribution in [0.1, 0.15) is 12.1 Å². The molecule has 2 aliphatic rings. The monoisotopic (exact) mass is 316 g/mol. The van der Waals surface area contributed by atoms with Crippen LogP contribution in [0.4, 0.5) is 0 Å². The number of aromatic nitrogens is 1. The molecule has 1 aromatic heterocycles. The summed E-state index contributed by atoms with van der Waals surface area (Å²) in [6.45, 7) is 3.40. The normalized spacial score (nSPS) is 24.6. The molecule has 0 unspecified atom stereocenters. The van der Waals surface area contributed by atoms with Crippen LogP contribution in [0, 0.1) is 11.8 Å². The maximum atomic E-state index is 12.7. The topological polar surface area (TPSA) is 56.8 Å². The van der Waals surface area contributed by atoms with Crippen LogP contribution in [-0.4, -0.2) is 71.8 Å². The van der Waals surface area contributed by atoms with E-state index in [0.29, 0.717) is 12.5 Å². The average Bonchev–Trinajstić information content (AvgIpc) is 2.94. The molecule has 6 heteroatoms. The Balaban J connectivity index is 1.60. The van der Waals surface area contributed by atoms with E-state index in [1.807, 2.05) is 18.2 Å². The molecular formula is C17H24N4O2. The second kappa shape index (κ2) is 6.66. The largest absolute Gasteiger partial charge is 0.347 e. The van der Waals surface area contributed by atoms with Crippen molar-refractivity contribution in [3.63, 3.8) is 0 Å². The van der Waals surface area contributed by atoms with Crippen molar-refractivity contribution in [3.8, 4) is 0 Å². The highest BCUT2D eigenvalue weighted by Crippen LogP contribution is 2.32. The number of likely N-dealkylation sites (tertiary alicyclic amines) is 2. The van der Waals surface area contributed by atoms with E-state index in [-0.39, 0.29) is 24.3 Å². The summed E-state index contributed by atoms with van der Waals surface area (Å²) in [6.07, 6.45) is 2.79. The van der Waals surface area contributed by atoms with Gasteiger partial charge in [-0.05, 0) is 24.5 Å². The number of likely N-dealkylation sites (N-methyl/N-ethyl adjacent to an activating group) is 1. The SMILES string of the molecule is CN(C)C(=O)CN1CC[C@H]2CN(Cc3ccccn3)C[C@@H]2C1=O. The van der Waals surface area contributed by atoms with Crippen LogP contribution in [-0.2, 0) is 16.1 Å². The highest BCUT2D eigenvalue weighted by molar-refractivity contribution is 5.86. The maximum absolute atomic E-state index is 12.7. The number of amides is 2.